The van der Waals surface area contributed by atoms with E-state index in [0.29, 0.717) is 34.6 Å². The smallest absolute Gasteiger partial charge is 0.423 e. The molecule has 6 nitrogen and oxygen atoms in total. The van der Waals surface area contributed by atoms with Gasteiger partial charge in [0.05, 0.1) is 11.5 Å². The summed E-state index contributed by atoms with van der Waals surface area (Å²) in [5, 5.41) is 9.73. The molecule has 1 heterocycles. The third kappa shape index (κ3) is 2.92. The lowest BCUT2D eigenvalue weighted by Crippen LogP contribution is -2.28. The maximum absolute atomic E-state index is 12.7. The Balaban J connectivity index is 1.98. The van der Waals surface area contributed by atoms with Crippen LogP contribution in [0.5, 0.6) is 0 Å². The number of hydrogen-bond donors (Lipinski definition) is 3. The first-order valence-corrected chi connectivity index (χ1v) is 8.58. The minimum Gasteiger partial charge on any atom is -0.423 e. The van der Waals surface area contributed by atoms with E-state index >= 15 is 0 Å². The van der Waals surface area contributed by atoms with Crippen LogP contribution in [0.2, 0.25) is 0 Å². The van der Waals surface area contributed by atoms with Gasteiger partial charge in [-0.25, -0.2) is 8.42 Å². The average molecular weight is 332 g/mol. The summed E-state index contributed by atoms with van der Waals surface area (Å²) in [5.41, 5.74) is 9.24. The number of nitrogens with one attached hydrogen (secondary N) is 1. The number of aryl methyl sites for hydroxylation is 2. The van der Waals surface area contributed by atoms with Crippen LogP contribution >= 0.6 is 0 Å². The van der Waals surface area contributed by atoms with Crippen molar-refractivity contribution in [2.75, 3.05) is 10.5 Å². The molecule has 0 spiro atoms. The quantitative estimate of drug-likeness (QED) is 0.573. The van der Waals surface area contributed by atoms with Gasteiger partial charge >= 0.3 is 7.12 Å². The Bertz CT molecular complexity index is 860. The Kier molecular flexibility index (Phi) is 3.83. The highest BCUT2D eigenvalue weighted by atomic mass is 32.2. The average Bonchev–Trinajstić information content (AvgIpc) is 2.78. The zero-order valence-electron chi connectivity index (χ0n) is 12.8. The first-order valence-electron chi connectivity index (χ1n) is 7.10. The second kappa shape index (κ2) is 5.56. The highest BCUT2D eigenvalue weighted by Gasteiger charge is 2.28. The topological polar surface area (TPSA) is 102 Å². The molecule has 0 amide bonds. The third-order valence-corrected chi connectivity index (χ3v) is 5.50. The van der Waals surface area contributed by atoms with Crippen molar-refractivity contribution >= 4 is 34.0 Å². The zero-order chi connectivity index (χ0) is 16.8. The number of anilines is 2. The molecule has 0 atom stereocenters. The predicted molar refractivity (Wildman–Crippen MR) is 90.0 cm³/mol. The fourth-order valence-corrected chi connectivity index (χ4v) is 4.40. The lowest BCUT2D eigenvalue weighted by molar-refractivity contribution is 0.275. The summed E-state index contributed by atoms with van der Waals surface area (Å²) >= 11 is 0. The van der Waals surface area contributed by atoms with Gasteiger partial charge in [0.2, 0.25) is 0 Å². The molecule has 0 fully saturated rings. The van der Waals surface area contributed by atoms with Gasteiger partial charge in [0.15, 0.2) is 0 Å². The minimum atomic E-state index is -3.75. The van der Waals surface area contributed by atoms with Crippen molar-refractivity contribution in [3.05, 3.63) is 47.0 Å². The molecular weight excluding hydrogens is 315 g/mol. The Morgan fingerprint density at radius 1 is 1.22 bits per heavy atom. The van der Waals surface area contributed by atoms with Gasteiger partial charge in [0.1, 0.15) is 0 Å². The van der Waals surface area contributed by atoms with E-state index in [0.717, 1.165) is 5.56 Å². The van der Waals surface area contributed by atoms with Gasteiger partial charge in [-0.3, -0.25) is 4.72 Å². The molecule has 4 N–H and O–H groups in total. The SMILES string of the molecule is Cc1cc(N)cc(C)c1S(=O)(=O)Nc1ccc2c(c1)B(O)OC2. The van der Waals surface area contributed by atoms with Gasteiger partial charge in [-0.2, -0.15) is 0 Å². The maximum Gasteiger partial charge on any atom is 0.491 e. The van der Waals surface area contributed by atoms with E-state index in [-0.39, 0.29) is 4.90 Å². The number of sulfonamides is 1. The molecular formula is C15H17BN2O4S. The summed E-state index contributed by atoms with van der Waals surface area (Å²) in [6.07, 6.45) is 0. The molecule has 0 aromatic heterocycles. The third-order valence-electron chi connectivity index (χ3n) is 3.81. The van der Waals surface area contributed by atoms with Gasteiger partial charge in [-0.15, -0.1) is 0 Å². The predicted octanol–water partition coefficient (Wildman–Crippen LogP) is 0.904. The molecule has 0 saturated heterocycles. The van der Waals surface area contributed by atoms with Crippen molar-refractivity contribution in [2.45, 2.75) is 25.3 Å². The lowest BCUT2D eigenvalue weighted by Gasteiger charge is -2.14. The number of fused-ring (bicyclic) bond motifs is 1. The van der Waals surface area contributed by atoms with Crippen LogP contribution in [-0.2, 0) is 21.3 Å². The minimum absolute atomic E-state index is 0.212. The molecule has 0 saturated carbocycles. The first-order chi connectivity index (χ1) is 10.8. The van der Waals surface area contributed by atoms with Crippen LogP contribution in [0, 0.1) is 13.8 Å². The fourth-order valence-electron chi connectivity index (χ4n) is 2.89. The Hall–Kier alpha value is -2.03. The summed E-state index contributed by atoms with van der Waals surface area (Å²) < 4.78 is 33.0. The normalized spacial score (nSPS) is 14.0. The summed E-state index contributed by atoms with van der Waals surface area (Å²) in [5.74, 6) is 0. The van der Waals surface area contributed by atoms with E-state index in [1.165, 1.54) is 0 Å². The number of benzene rings is 2. The van der Waals surface area contributed by atoms with Crippen molar-refractivity contribution < 1.29 is 18.1 Å². The van der Waals surface area contributed by atoms with Crippen LogP contribution in [0.1, 0.15) is 16.7 Å². The lowest BCUT2D eigenvalue weighted by atomic mass is 9.79. The Morgan fingerprint density at radius 2 is 1.87 bits per heavy atom. The highest BCUT2D eigenvalue weighted by Crippen LogP contribution is 2.25. The van der Waals surface area contributed by atoms with Gasteiger partial charge < -0.3 is 15.4 Å². The number of nitrogen functional groups attached to an aromatic ring is 1. The van der Waals surface area contributed by atoms with Gasteiger partial charge in [0.25, 0.3) is 10.0 Å². The first kappa shape index (κ1) is 15.9. The van der Waals surface area contributed by atoms with E-state index in [4.69, 9.17) is 10.4 Å². The van der Waals surface area contributed by atoms with Crippen molar-refractivity contribution in [1.82, 2.24) is 0 Å². The van der Waals surface area contributed by atoms with Crippen LogP contribution in [0.15, 0.2) is 35.2 Å². The molecule has 2 aromatic rings. The summed E-state index contributed by atoms with van der Waals surface area (Å²) in [7, 11) is -4.77. The molecule has 1 aliphatic heterocycles. The van der Waals surface area contributed by atoms with Gasteiger partial charge in [0, 0.05) is 11.4 Å². The van der Waals surface area contributed by atoms with Gasteiger partial charge in [-0.1, -0.05) is 6.07 Å². The maximum atomic E-state index is 12.7. The summed E-state index contributed by atoms with van der Waals surface area (Å²) in [4.78, 5) is 0.212. The molecule has 3 rings (SSSR count). The summed E-state index contributed by atoms with van der Waals surface area (Å²) in [6, 6.07) is 8.24. The zero-order valence-corrected chi connectivity index (χ0v) is 13.6. The van der Waals surface area contributed by atoms with Crippen molar-refractivity contribution in [3.63, 3.8) is 0 Å². The monoisotopic (exact) mass is 332 g/mol. The highest BCUT2D eigenvalue weighted by molar-refractivity contribution is 7.92. The molecule has 1 aliphatic rings. The molecule has 23 heavy (non-hydrogen) atoms. The van der Waals surface area contributed by atoms with Crippen molar-refractivity contribution in [1.29, 1.82) is 0 Å². The molecule has 120 valence electrons. The van der Waals surface area contributed by atoms with Crippen molar-refractivity contribution in [3.8, 4) is 0 Å². The molecule has 0 bridgehead atoms. The van der Waals surface area contributed by atoms with Crippen LogP contribution in [0.25, 0.3) is 0 Å². The Labute approximate surface area is 135 Å². The fraction of sp³-hybridized carbons (Fsp3) is 0.200. The molecule has 0 unspecified atom stereocenters. The van der Waals surface area contributed by atoms with E-state index in [2.05, 4.69) is 4.72 Å². The van der Waals surface area contributed by atoms with E-state index in [1.807, 2.05) is 0 Å². The van der Waals surface area contributed by atoms with Crippen LogP contribution in [0.4, 0.5) is 11.4 Å². The number of nitrogens with two attached hydrogens (primary N) is 1. The van der Waals surface area contributed by atoms with Gasteiger partial charge in [-0.05, 0) is 60.3 Å². The molecule has 8 heteroatoms. The Morgan fingerprint density at radius 3 is 2.52 bits per heavy atom. The van der Waals surface area contributed by atoms with Crippen LogP contribution in [-0.4, -0.2) is 20.6 Å². The van der Waals surface area contributed by atoms with Crippen molar-refractivity contribution in [2.24, 2.45) is 0 Å². The van der Waals surface area contributed by atoms with Crippen LogP contribution in [0.3, 0.4) is 0 Å². The second-order valence-corrected chi connectivity index (χ2v) is 7.29. The standard InChI is InChI=1S/C15H17BN2O4S/c1-9-5-12(17)6-10(2)15(9)23(20,21)18-13-4-3-11-8-22-16(19)14(11)7-13/h3-7,18-19H,8,17H2,1-2H3. The second-order valence-electron chi connectivity index (χ2n) is 5.67. The molecule has 2 aromatic carbocycles. The van der Waals surface area contributed by atoms with E-state index in [1.54, 1.807) is 44.2 Å². The number of hydrogen-bond acceptors (Lipinski definition) is 5. The van der Waals surface area contributed by atoms with Crippen LogP contribution < -0.4 is 15.9 Å². The number of rotatable bonds is 3. The summed E-state index contributed by atoms with van der Waals surface area (Å²) in [6.45, 7) is 3.73. The van der Waals surface area contributed by atoms with E-state index < -0.39 is 17.1 Å². The molecule has 0 aliphatic carbocycles. The molecule has 0 radical (unpaired) electrons. The largest absolute Gasteiger partial charge is 0.491 e. The van der Waals surface area contributed by atoms with E-state index in [9.17, 15) is 13.4 Å².